The first-order valence-electron chi connectivity index (χ1n) is 10.4. The van der Waals surface area contributed by atoms with Crippen LogP contribution in [-0.4, -0.2) is 27.5 Å². The van der Waals surface area contributed by atoms with Gasteiger partial charge in [-0.2, -0.15) is 5.10 Å². The maximum absolute atomic E-state index is 13.6. The van der Waals surface area contributed by atoms with Gasteiger partial charge in [0.25, 0.3) is 0 Å². The highest BCUT2D eigenvalue weighted by Crippen LogP contribution is 2.44. The summed E-state index contributed by atoms with van der Waals surface area (Å²) in [5.74, 6) is 1.50. The van der Waals surface area contributed by atoms with Gasteiger partial charge < -0.3 is 14.8 Å². The summed E-state index contributed by atoms with van der Waals surface area (Å²) in [4.78, 5) is 17.6. The van der Waals surface area contributed by atoms with Gasteiger partial charge in [-0.15, -0.1) is 0 Å². The van der Waals surface area contributed by atoms with Crippen LogP contribution in [0.15, 0.2) is 55.1 Å². The zero-order chi connectivity index (χ0) is 20.4. The minimum absolute atomic E-state index is 0.0407. The first kappa shape index (κ1) is 18.7. The van der Waals surface area contributed by atoms with E-state index in [4.69, 9.17) is 9.47 Å². The monoisotopic (exact) mass is 404 g/mol. The molecule has 2 aromatic carbocycles. The molecule has 2 heterocycles. The number of fused-ring (bicyclic) bond motifs is 1. The summed E-state index contributed by atoms with van der Waals surface area (Å²) in [5, 5.41) is 7.33. The average molecular weight is 404 g/mol. The summed E-state index contributed by atoms with van der Waals surface area (Å²) < 4.78 is 12.8. The number of amides is 1. The van der Waals surface area contributed by atoms with E-state index in [2.05, 4.69) is 15.4 Å². The quantitative estimate of drug-likeness (QED) is 0.698. The molecule has 5 rings (SSSR count). The van der Waals surface area contributed by atoms with Crippen molar-refractivity contribution in [3.8, 4) is 11.5 Å². The minimum Gasteiger partial charge on any atom is -0.454 e. The summed E-state index contributed by atoms with van der Waals surface area (Å²) in [6, 6.07) is 13.8. The number of carbonyl (C=O) groups is 1. The average Bonchev–Trinajstić information content (AvgIpc) is 3.46. The van der Waals surface area contributed by atoms with E-state index >= 15 is 0 Å². The van der Waals surface area contributed by atoms with E-state index in [1.54, 1.807) is 11.0 Å². The Balaban J connectivity index is 1.41. The molecule has 0 unspecified atom stereocenters. The van der Waals surface area contributed by atoms with Crippen LogP contribution in [-0.2, 0) is 16.8 Å². The maximum atomic E-state index is 13.6. The molecule has 2 aliphatic rings. The molecule has 1 aromatic heterocycles. The molecular weight excluding hydrogens is 380 g/mol. The standard InChI is InChI=1S/C23H24N4O3/c28-22(26-19-6-4-5-17(11-19)13-27-15-24-14-25-27)23(9-2-1-3-10-23)18-7-8-20-21(12-18)30-16-29-20/h4-8,11-12,14-15H,1-3,9-10,13,16H2,(H,26,28). The fourth-order valence-electron chi connectivity index (χ4n) is 4.50. The Bertz CT molecular complexity index is 1040. The number of carbonyl (C=O) groups excluding carboxylic acids is 1. The molecule has 30 heavy (non-hydrogen) atoms. The molecule has 0 spiro atoms. The summed E-state index contributed by atoms with van der Waals surface area (Å²) in [7, 11) is 0. The maximum Gasteiger partial charge on any atom is 0.235 e. The zero-order valence-electron chi connectivity index (χ0n) is 16.7. The van der Waals surface area contributed by atoms with E-state index in [1.807, 2.05) is 42.5 Å². The Morgan fingerprint density at radius 1 is 1.07 bits per heavy atom. The lowest BCUT2D eigenvalue weighted by Gasteiger charge is -2.36. The van der Waals surface area contributed by atoms with Crippen LogP contribution in [0.5, 0.6) is 11.5 Å². The van der Waals surface area contributed by atoms with Gasteiger partial charge in [0.1, 0.15) is 12.7 Å². The lowest BCUT2D eigenvalue weighted by Crippen LogP contribution is -2.42. The van der Waals surface area contributed by atoms with E-state index in [0.717, 1.165) is 60.4 Å². The van der Waals surface area contributed by atoms with Crippen molar-refractivity contribution in [1.82, 2.24) is 14.8 Å². The first-order valence-corrected chi connectivity index (χ1v) is 10.4. The molecule has 0 saturated heterocycles. The van der Waals surface area contributed by atoms with Crippen LogP contribution in [0.1, 0.15) is 43.2 Å². The van der Waals surface area contributed by atoms with Crippen LogP contribution in [0.2, 0.25) is 0 Å². The van der Waals surface area contributed by atoms with Crippen molar-refractivity contribution in [1.29, 1.82) is 0 Å². The summed E-state index contributed by atoms with van der Waals surface area (Å²) in [5.41, 5.74) is 2.30. The Hall–Kier alpha value is -3.35. The molecule has 7 heteroatoms. The number of benzene rings is 2. The Kier molecular flexibility index (Phi) is 4.86. The molecule has 1 saturated carbocycles. The fraction of sp³-hybridized carbons (Fsp3) is 0.348. The van der Waals surface area contributed by atoms with Gasteiger partial charge in [-0.3, -0.25) is 4.79 Å². The smallest absolute Gasteiger partial charge is 0.235 e. The summed E-state index contributed by atoms with van der Waals surface area (Å²) >= 11 is 0. The predicted octanol–water partition coefficient (Wildman–Crippen LogP) is 3.90. The van der Waals surface area contributed by atoms with Crippen molar-refractivity contribution in [2.24, 2.45) is 0 Å². The molecule has 0 atom stereocenters. The van der Waals surface area contributed by atoms with Crippen LogP contribution in [0.4, 0.5) is 5.69 Å². The number of nitrogens with one attached hydrogen (secondary N) is 1. The van der Waals surface area contributed by atoms with Gasteiger partial charge in [-0.05, 0) is 48.2 Å². The van der Waals surface area contributed by atoms with Crippen molar-refractivity contribution >= 4 is 11.6 Å². The summed E-state index contributed by atoms with van der Waals surface area (Å²) in [6.07, 6.45) is 8.09. The van der Waals surface area contributed by atoms with Crippen LogP contribution >= 0.6 is 0 Å². The minimum atomic E-state index is -0.554. The van der Waals surface area contributed by atoms with Gasteiger partial charge in [-0.25, -0.2) is 9.67 Å². The van der Waals surface area contributed by atoms with Crippen LogP contribution in [0.3, 0.4) is 0 Å². The predicted molar refractivity (Wildman–Crippen MR) is 112 cm³/mol. The van der Waals surface area contributed by atoms with E-state index in [9.17, 15) is 4.79 Å². The van der Waals surface area contributed by atoms with Crippen molar-refractivity contribution in [3.05, 3.63) is 66.2 Å². The van der Waals surface area contributed by atoms with Crippen molar-refractivity contribution in [3.63, 3.8) is 0 Å². The van der Waals surface area contributed by atoms with E-state index < -0.39 is 5.41 Å². The Morgan fingerprint density at radius 3 is 2.77 bits per heavy atom. The van der Waals surface area contributed by atoms with Crippen LogP contribution in [0, 0.1) is 0 Å². The highest BCUT2D eigenvalue weighted by Gasteiger charge is 2.42. The van der Waals surface area contributed by atoms with Gasteiger partial charge in [0.2, 0.25) is 12.7 Å². The number of rotatable bonds is 5. The SMILES string of the molecule is O=C(Nc1cccc(Cn2cncn2)c1)C1(c2ccc3c(c2)OCO3)CCCCC1. The van der Waals surface area contributed by atoms with Gasteiger partial charge in [0, 0.05) is 5.69 Å². The number of anilines is 1. The molecule has 1 amide bonds. The molecule has 1 fully saturated rings. The molecular formula is C23H24N4O3. The van der Waals surface area contributed by atoms with Gasteiger partial charge in [-0.1, -0.05) is 37.5 Å². The van der Waals surface area contributed by atoms with Gasteiger partial charge in [0.05, 0.1) is 12.0 Å². The number of hydrogen-bond donors (Lipinski definition) is 1. The highest BCUT2D eigenvalue weighted by molar-refractivity contribution is 5.99. The van der Waals surface area contributed by atoms with Crippen molar-refractivity contribution < 1.29 is 14.3 Å². The molecule has 154 valence electrons. The Labute approximate surface area is 175 Å². The molecule has 7 nitrogen and oxygen atoms in total. The second-order valence-corrected chi connectivity index (χ2v) is 7.96. The van der Waals surface area contributed by atoms with Crippen LogP contribution < -0.4 is 14.8 Å². The molecule has 3 aromatic rings. The van der Waals surface area contributed by atoms with E-state index in [0.29, 0.717) is 6.54 Å². The Morgan fingerprint density at radius 2 is 1.93 bits per heavy atom. The van der Waals surface area contributed by atoms with E-state index in [1.165, 1.54) is 6.33 Å². The molecule has 0 bridgehead atoms. The van der Waals surface area contributed by atoms with Crippen molar-refractivity contribution in [2.75, 3.05) is 12.1 Å². The molecule has 1 aliphatic heterocycles. The molecule has 1 aliphatic carbocycles. The number of nitrogens with zero attached hydrogens (tertiary/aromatic N) is 3. The molecule has 0 radical (unpaired) electrons. The first-order chi connectivity index (χ1) is 14.7. The fourth-order valence-corrected chi connectivity index (χ4v) is 4.50. The van der Waals surface area contributed by atoms with E-state index in [-0.39, 0.29) is 12.7 Å². The van der Waals surface area contributed by atoms with Gasteiger partial charge in [0.15, 0.2) is 11.5 Å². The molecule has 1 N–H and O–H groups in total. The third kappa shape index (κ3) is 3.51. The topological polar surface area (TPSA) is 78.3 Å². The van der Waals surface area contributed by atoms with Crippen LogP contribution in [0.25, 0.3) is 0 Å². The number of aromatic nitrogens is 3. The second-order valence-electron chi connectivity index (χ2n) is 7.96. The lowest BCUT2D eigenvalue weighted by atomic mass is 9.68. The van der Waals surface area contributed by atoms with Gasteiger partial charge >= 0.3 is 0 Å². The third-order valence-corrected chi connectivity index (χ3v) is 6.06. The normalized spacial score (nSPS) is 16.9. The lowest BCUT2D eigenvalue weighted by molar-refractivity contribution is -0.122. The highest BCUT2D eigenvalue weighted by atomic mass is 16.7. The van der Waals surface area contributed by atoms with Crippen molar-refractivity contribution in [2.45, 2.75) is 44.1 Å². The number of hydrogen-bond acceptors (Lipinski definition) is 5. The number of ether oxygens (including phenoxy) is 2. The zero-order valence-corrected chi connectivity index (χ0v) is 16.7. The largest absolute Gasteiger partial charge is 0.454 e. The third-order valence-electron chi connectivity index (χ3n) is 6.06. The second kappa shape index (κ2) is 7.82. The summed E-state index contributed by atoms with van der Waals surface area (Å²) in [6.45, 7) is 0.841.